The molecule has 5 fully saturated rings. The van der Waals surface area contributed by atoms with Crippen molar-refractivity contribution >= 4 is 28.8 Å². The maximum absolute atomic E-state index is 6.93. The van der Waals surface area contributed by atoms with Crippen LogP contribution in [-0.4, -0.2) is 41.0 Å². The summed E-state index contributed by atoms with van der Waals surface area (Å²) in [5.74, 6) is 4.83. The molecular weight excluding hydrogens is 472 g/mol. The van der Waals surface area contributed by atoms with Gasteiger partial charge in [-0.2, -0.15) is 0 Å². The number of hydrogen-bond donors (Lipinski definition) is 0. The van der Waals surface area contributed by atoms with Crippen LogP contribution in [0, 0.1) is 23.7 Å². The summed E-state index contributed by atoms with van der Waals surface area (Å²) in [4.78, 5) is 6.36. The lowest BCUT2D eigenvalue weighted by molar-refractivity contribution is -0.0821. The van der Waals surface area contributed by atoms with Crippen LogP contribution in [0.3, 0.4) is 0 Å². The van der Waals surface area contributed by atoms with E-state index in [4.69, 9.17) is 28.6 Å². The first-order chi connectivity index (χ1) is 17.1. The zero-order valence-electron chi connectivity index (χ0n) is 20.6. The number of nitrogens with zero attached hydrogens (tertiary/aromatic N) is 2. The number of likely N-dealkylation sites (tertiary alicyclic amines) is 1. The summed E-state index contributed by atoms with van der Waals surface area (Å²) in [6.07, 6.45) is 9.67. The Morgan fingerprint density at radius 3 is 2.23 bits per heavy atom. The molecule has 2 heterocycles. The highest BCUT2D eigenvalue weighted by atomic mass is 35.5. The number of halogens is 1. The van der Waals surface area contributed by atoms with E-state index >= 15 is 0 Å². The number of rotatable bonds is 4. The van der Waals surface area contributed by atoms with E-state index < -0.39 is 0 Å². The number of thiocarbonyl (C=S) groups is 1. The minimum atomic E-state index is -0.104. The van der Waals surface area contributed by atoms with Gasteiger partial charge < -0.3 is 9.64 Å². The third-order valence-electron chi connectivity index (χ3n) is 10.2. The zero-order valence-corrected chi connectivity index (χ0v) is 22.2. The van der Waals surface area contributed by atoms with E-state index in [2.05, 4.69) is 52.3 Å². The topological polar surface area (TPSA) is 15.7 Å². The van der Waals surface area contributed by atoms with Gasteiger partial charge in [0.2, 0.25) is 0 Å². The summed E-state index contributed by atoms with van der Waals surface area (Å²) in [6.45, 7) is 3.12. The standard InChI is InChI=1S/C30H35ClN2OS/c1-34-24-7-5-19(6-8-24)18-33-29(35)25-3-2-4-26(31)27(25)30(33)9-11-32(12-10-30)28-22-14-20-13-21(16-22)17-23(28)15-20/h2-8,20-23,28H,9-18H2,1H3. The molecule has 0 N–H and O–H groups in total. The monoisotopic (exact) mass is 506 g/mol. The molecule has 8 rings (SSSR count). The van der Waals surface area contributed by atoms with Crippen molar-refractivity contribution in [1.82, 2.24) is 9.80 Å². The fourth-order valence-corrected chi connectivity index (χ4v) is 9.75. The van der Waals surface area contributed by atoms with Crippen molar-refractivity contribution in [3.8, 4) is 5.75 Å². The number of hydrogen-bond acceptors (Lipinski definition) is 3. The van der Waals surface area contributed by atoms with Crippen LogP contribution in [0.1, 0.15) is 61.6 Å². The molecule has 35 heavy (non-hydrogen) atoms. The first kappa shape index (κ1) is 22.6. The van der Waals surface area contributed by atoms with Gasteiger partial charge in [0.05, 0.1) is 12.6 Å². The SMILES string of the molecule is COc1ccc(CN2C(=S)c3cccc(Cl)c3C23CCN(C2C4CC5CC(C4)CC2C5)CC3)cc1. The molecule has 0 atom stereocenters. The molecule has 4 saturated carbocycles. The molecule has 2 aliphatic heterocycles. The van der Waals surface area contributed by atoms with Crippen molar-refractivity contribution in [2.24, 2.45) is 23.7 Å². The average molecular weight is 507 g/mol. The molecule has 1 spiro atoms. The van der Waals surface area contributed by atoms with E-state index in [0.717, 1.165) is 78.0 Å². The summed E-state index contributed by atoms with van der Waals surface area (Å²) in [5, 5.41) is 0.880. The van der Waals surface area contributed by atoms with Crippen LogP contribution in [0.15, 0.2) is 42.5 Å². The van der Waals surface area contributed by atoms with Gasteiger partial charge >= 0.3 is 0 Å². The van der Waals surface area contributed by atoms with Crippen LogP contribution in [0.25, 0.3) is 0 Å². The van der Waals surface area contributed by atoms with Gasteiger partial charge in [0.15, 0.2) is 0 Å². The van der Waals surface area contributed by atoms with E-state index in [-0.39, 0.29) is 5.54 Å². The Morgan fingerprint density at radius 1 is 0.943 bits per heavy atom. The lowest BCUT2D eigenvalue weighted by Gasteiger charge is -2.59. The van der Waals surface area contributed by atoms with Crippen molar-refractivity contribution < 1.29 is 4.74 Å². The third kappa shape index (κ3) is 3.50. The second kappa shape index (κ2) is 8.46. The maximum Gasteiger partial charge on any atom is 0.118 e. The second-order valence-corrected chi connectivity index (χ2v) is 12.7. The van der Waals surface area contributed by atoms with E-state index in [1.807, 2.05) is 0 Å². The maximum atomic E-state index is 6.93. The van der Waals surface area contributed by atoms with Crippen LogP contribution < -0.4 is 4.74 Å². The lowest BCUT2D eigenvalue weighted by Crippen LogP contribution is -2.60. The molecule has 4 bridgehead atoms. The van der Waals surface area contributed by atoms with Crippen molar-refractivity contribution in [2.45, 2.75) is 63.1 Å². The minimum Gasteiger partial charge on any atom is -0.497 e. The molecule has 2 aromatic rings. The first-order valence-corrected chi connectivity index (χ1v) is 14.3. The van der Waals surface area contributed by atoms with E-state index in [0.29, 0.717) is 0 Å². The number of fused-ring (bicyclic) bond motifs is 2. The molecule has 4 aliphatic carbocycles. The molecule has 0 unspecified atom stereocenters. The smallest absolute Gasteiger partial charge is 0.118 e. The third-order valence-corrected chi connectivity index (χ3v) is 11.0. The molecule has 0 radical (unpaired) electrons. The van der Waals surface area contributed by atoms with E-state index in [1.165, 1.54) is 48.8 Å². The molecule has 5 heteroatoms. The van der Waals surface area contributed by atoms with Gasteiger partial charge in [0.1, 0.15) is 10.7 Å². The van der Waals surface area contributed by atoms with Crippen molar-refractivity contribution in [2.75, 3.05) is 20.2 Å². The van der Waals surface area contributed by atoms with Crippen molar-refractivity contribution in [3.05, 3.63) is 64.2 Å². The number of methoxy groups -OCH3 is 1. The predicted octanol–water partition coefficient (Wildman–Crippen LogP) is 6.66. The van der Waals surface area contributed by atoms with Crippen LogP contribution in [0.2, 0.25) is 5.02 Å². The molecular formula is C30H35ClN2OS. The summed E-state index contributed by atoms with van der Waals surface area (Å²) >= 11 is 13.1. The fraction of sp³-hybridized carbons (Fsp3) is 0.567. The molecule has 3 nitrogen and oxygen atoms in total. The number of benzene rings is 2. The van der Waals surface area contributed by atoms with Gasteiger partial charge in [-0.1, -0.05) is 48.1 Å². The zero-order chi connectivity index (χ0) is 23.7. The van der Waals surface area contributed by atoms with E-state index in [1.54, 1.807) is 7.11 Å². The van der Waals surface area contributed by atoms with Crippen LogP contribution in [0.4, 0.5) is 0 Å². The largest absolute Gasteiger partial charge is 0.497 e. The Bertz CT molecular complexity index is 1110. The number of ether oxygens (including phenoxy) is 1. The highest BCUT2D eigenvalue weighted by molar-refractivity contribution is 7.80. The Labute approximate surface area is 219 Å². The van der Waals surface area contributed by atoms with Crippen LogP contribution in [0.5, 0.6) is 5.75 Å². The second-order valence-electron chi connectivity index (χ2n) is 11.9. The van der Waals surface area contributed by atoms with Gasteiger partial charge in [-0.25, -0.2) is 0 Å². The summed E-state index contributed by atoms with van der Waals surface area (Å²) < 4.78 is 5.38. The average Bonchev–Trinajstić information content (AvgIpc) is 3.08. The predicted molar refractivity (Wildman–Crippen MR) is 145 cm³/mol. The van der Waals surface area contributed by atoms with E-state index in [9.17, 15) is 0 Å². The Morgan fingerprint density at radius 2 is 1.60 bits per heavy atom. The Kier molecular flexibility index (Phi) is 5.46. The van der Waals surface area contributed by atoms with Gasteiger partial charge in [0, 0.05) is 41.8 Å². The van der Waals surface area contributed by atoms with Crippen LogP contribution >= 0.6 is 23.8 Å². The number of piperidine rings is 1. The van der Waals surface area contributed by atoms with Crippen molar-refractivity contribution in [1.29, 1.82) is 0 Å². The summed E-state index contributed by atoms with van der Waals surface area (Å²) in [5.41, 5.74) is 3.61. The molecule has 1 saturated heterocycles. The Balaban J connectivity index is 1.18. The summed E-state index contributed by atoms with van der Waals surface area (Å²) in [6, 6.07) is 15.6. The molecule has 2 aromatic carbocycles. The van der Waals surface area contributed by atoms with Gasteiger partial charge in [-0.3, -0.25) is 4.90 Å². The fourth-order valence-electron chi connectivity index (χ4n) is 8.99. The minimum absolute atomic E-state index is 0.104. The lowest BCUT2D eigenvalue weighted by atomic mass is 9.53. The normalized spacial score (nSPS) is 32.9. The quantitative estimate of drug-likeness (QED) is 0.431. The first-order valence-electron chi connectivity index (χ1n) is 13.5. The molecule has 184 valence electrons. The van der Waals surface area contributed by atoms with Gasteiger partial charge in [-0.05, 0) is 92.4 Å². The van der Waals surface area contributed by atoms with Gasteiger partial charge in [0.25, 0.3) is 0 Å². The van der Waals surface area contributed by atoms with Crippen molar-refractivity contribution in [3.63, 3.8) is 0 Å². The Hall–Kier alpha value is -1.62. The van der Waals surface area contributed by atoms with Gasteiger partial charge in [-0.15, -0.1) is 0 Å². The molecule has 0 aromatic heterocycles. The molecule has 6 aliphatic rings. The summed E-state index contributed by atoms with van der Waals surface area (Å²) in [7, 11) is 1.72. The van der Waals surface area contributed by atoms with Crippen LogP contribution in [-0.2, 0) is 12.1 Å². The highest BCUT2D eigenvalue weighted by Crippen LogP contribution is 2.57. The molecule has 0 amide bonds. The highest BCUT2D eigenvalue weighted by Gasteiger charge is 2.54.